The van der Waals surface area contributed by atoms with Gasteiger partial charge in [0.25, 0.3) is 5.91 Å². The number of nitrogens with one attached hydrogen (secondary N) is 1. The molecule has 1 N–H and O–H groups in total. The van der Waals surface area contributed by atoms with Crippen molar-refractivity contribution in [3.63, 3.8) is 0 Å². The second kappa shape index (κ2) is 7.93. The minimum Gasteiger partial charge on any atom is -0.372 e. The molecule has 2 rings (SSSR count). The van der Waals surface area contributed by atoms with E-state index in [9.17, 15) is 4.79 Å². The van der Waals surface area contributed by atoms with Gasteiger partial charge in [-0.3, -0.25) is 9.78 Å². The molecule has 2 aromatic rings. The molecular weight excluding hydrogens is 276 g/mol. The molecule has 114 valence electrons. The van der Waals surface area contributed by atoms with Crippen LogP contribution in [0.1, 0.15) is 29.8 Å². The number of carbonyl (C=O) groups is 1. The van der Waals surface area contributed by atoms with Gasteiger partial charge in [-0.05, 0) is 43.7 Å². The van der Waals surface area contributed by atoms with Crippen LogP contribution < -0.4 is 10.3 Å². The lowest BCUT2D eigenvalue weighted by molar-refractivity contribution is 0.0955. The molecule has 0 aliphatic heterocycles. The number of rotatable bonds is 6. The topological polar surface area (TPSA) is 57.6 Å². The van der Waals surface area contributed by atoms with Crippen LogP contribution in [0.4, 0.5) is 5.69 Å². The van der Waals surface area contributed by atoms with Crippen LogP contribution in [-0.4, -0.2) is 30.2 Å². The number of carbonyl (C=O) groups excluding carboxylic acids is 1. The summed E-state index contributed by atoms with van der Waals surface area (Å²) in [7, 11) is 0. The van der Waals surface area contributed by atoms with E-state index in [0.29, 0.717) is 5.56 Å². The van der Waals surface area contributed by atoms with Crippen LogP contribution in [0.15, 0.2) is 53.9 Å². The fourth-order valence-corrected chi connectivity index (χ4v) is 2.09. The number of aromatic nitrogens is 1. The average Bonchev–Trinajstić information content (AvgIpc) is 2.58. The van der Waals surface area contributed by atoms with Gasteiger partial charge in [-0.1, -0.05) is 12.1 Å². The normalized spacial score (nSPS) is 10.6. The Morgan fingerprint density at radius 2 is 1.77 bits per heavy atom. The minimum atomic E-state index is -0.251. The molecule has 1 heterocycles. The van der Waals surface area contributed by atoms with Crippen LogP contribution in [-0.2, 0) is 0 Å². The summed E-state index contributed by atoms with van der Waals surface area (Å²) in [6, 6.07) is 11.4. The predicted molar refractivity (Wildman–Crippen MR) is 89.3 cm³/mol. The smallest absolute Gasteiger partial charge is 0.271 e. The van der Waals surface area contributed by atoms with E-state index in [4.69, 9.17) is 0 Å². The van der Waals surface area contributed by atoms with Crippen molar-refractivity contribution in [2.75, 3.05) is 18.0 Å². The molecule has 1 aromatic heterocycles. The quantitative estimate of drug-likeness (QED) is 0.658. The fourth-order valence-electron chi connectivity index (χ4n) is 2.09. The van der Waals surface area contributed by atoms with E-state index >= 15 is 0 Å². The van der Waals surface area contributed by atoms with Crippen LogP contribution in [0.3, 0.4) is 0 Å². The van der Waals surface area contributed by atoms with Gasteiger partial charge in [-0.15, -0.1) is 0 Å². The van der Waals surface area contributed by atoms with Gasteiger partial charge in [-0.25, -0.2) is 5.43 Å². The van der Waals surface area contributed by atoms with E-state index in [0.717, 1.165) is 18.7 Å². The van der Waals surface area contributed by atoms with Crippen molar-refractivity contribution in [1.82, 2.24) is 10.4 Å². The van der Waals surface area contributed by atoms with Gasteiger partial charge in [-0.2, -0.15) is 5.10 Å². The fraction of sp³-hybridized carbons (Fsp3) is 0.235. The lowest BCUT2D eigenvalue weighted by Crippen LogP contribution is -2.21. The molecule has 0 bridgehead atoms. The SMILES string of the molecule is CCN(CC)c1ccc(C=NNC(=O)c2ccncc2)cc1. The van der Waals surface area contributed by atoms with E-state index in [1.54, 1.807) is 30.7 Å². The standard InChI is InChI=1S/C17H20N4O/c1-3-21(4-2)16-7-5-14(6-8-16)13-19-20-17(22)15-9-11-18-12-10-15/h5-13H,3-4H2,1-2H3,(H,20,22). The number of hydrazone groups is 1. The molecule has 0 spiro atoms. The van der Waals surface area contributed by atoms with Gasteiger partial charge in [0.05, 0.1) is 6.21 Å². The molecule has 5 nitrogen and oxygen atoms in total. The van der Waals surface area contributed by atoms with E-state index in [-0.39, 0.29) is 5.91 Å². The molecule has 0 fully saturated rings. The average molecular weight is 296 g/mol. The number of benzene rings is 1. The zero-order valence-electron chi connectivity index (χ0n) is 12.9. The molecule has 0 aliphatic carbocycles. The highest BCUT2D eigenvalue weighted by Gasteiger charge is 2.02. The summed E-state index contributed by atoms with van der Waals surface area (Å²) >= 11 is 0. The third-order valence-electron chi connectivity index (χ3n) is 3.34. The highest BCUT2D eigenvalue weighted by atomic mass is 16.2. The molecule has 1 aromatic carbocycles. The lowest BCUT2D eigenvalue weighted by atomic mass is 10.2. The molecule has 0 saturated heterocycles. The van der Waals surface area contributed by atoms with Crippen molar-refractivity contribution in [2.45, 2.75) is 13.8 Å². The van der Waals surface area contributed by atoms with Crippen LogP contribution in [0.2, 0.25) is 0 Å². The van der Waals surface area contributed by atoms with Gasteiger partial charge in [0.2, 0.25) is 0 Å². The maximum atomic E-state index is 11.8. The van der Waals surface area contributed by atoms with Gasteiger partial charge in [0.1, 0.15) is 0 Å². The van der Waals surface area contributed by atoms with Crippen molar-refractivity contribution in [3.05, 3.63) is 59.9 Å². The molecule has 0 atom stereocenters. The highest BCUT2D eigenvalue weighted by Crippen LogP contribution is 2.13. The van der Waals surface area contributed by atoms with Crippen LogP contribution in [0, 0.1) is 0 Å². The zero-order valence-corrected chi connectivity index (χ0v) is 12.9. The van der Waals surface area contributed by atoms with Crippen LogP contribution in [0.25, 0.3) is 0 Å². The Hall–Kier alpha value is -2.69. The molecule has 0 radical (unpaired) electrons. The maximum absolute atomic E-state index is 11.8. The summed E-state index contributed by atoms with van der Waals surface area (Å²) in [5.74, 6) is -0.251. The first kappa shape index (κ1) is 15.7. The summed E-state index contributed by atoms with van der Waals surface area (Å²) in [4.78, 5) is 17.9. The zero-order chi connectivity index (χ0) is 15.8. The summed E-state index contributed by atoms with van der Waals surface area (Å²) < 4.78 is 0. The van der Waals surface area contributed by atoms with Crippen molar-refractivity contribution in [1.29, 1.82) is 0 Å². The molecule has 0 unspecified atom stereocenters. The van der Waals surface area contributed by atoms with Gasteiger partial charge in [0, 0.05) is 36.7 Å². The second-order valence-corrected chi connectivity index (χ2v) is 4.70. The monoisotopic (exact) mass is 296 g/mol. The molecule has 0 aliphatic rings. The Balaban J connectivity index is 1.95. The second-order valence-electron chi connectivity index (χ2n) is 4.70. The first-order valence-electron chi connectivity index (χ1n) is 7.33. The minimum absolute atomic E-state index is 0.251. The van der Waals surface area contributed by atoms with Gasteiger partial charge < -0.3 is 4.90 Å². The van der Waals surface area contributed by atoms with Crippen LogP contribution >= 0.6 is 0 Å². The van der Waals surface area contributed by atoms with E-state index < -0.39 is 0 Å². The lowest BCUT2D eigenvalue weighted by Gasteiger charge is -2.20. The number of hydrogen-bond acceptors (Lipinski definition) is 4. The Bertz CT molecular complexity index is 619. The number of pyridine rings is 1. The van der Waals surface area contributed by atoms with E-state index in [1.807, 2.05) is 12.1 Å². The van der Waals surface area contributed by atoms with Crippen LogP contribution in [0.5, 0.6) is 0 Å². The Kier molecular flexibility index (Phi) is 5.65. The number of anilines is 1. The molecule has 22 heavy (non-hydrogen) atoms. The molecular formula is C17H20N4O. The van der Waals surface area contributed by atoms with Gasteiger partial charge >= 0.3 is 0 Å². The van der Waals surface area contributed by atoms with E-state index in [1.165, 1.54) is 5.69 Å². The number of amides is 1. The largest absolute Gasteiger partial charge is 0.372 e. The summed E-state index contributed by atoms with van der Waals surface area (Å²) in [5.41, 5.74) is 5.15. The van der Waals surface area contributed by atoms with Crippen molar-refractivity contribution >= 4 is 17.8 Å². The number of hydrogen-bond donors (Lipinski definition) is 1. The Morgan fingerprint density at radius 3 is 2.36 bits per heavy atom. The van der Waals surface area contributed by atoms with Crippen molar-refractivity contribution < 1.29 is 4.79 Å². The Morgan fingerprint density at radius 1 is 1.14 bits per heavy atom. The summed E-state index contributed by atoms with van der Waals surface area (Å²) in [6.07, 6.45) is 4.78. The van der Waals surface area contributed by atoms with E-state index in [2.05, 4.69) is 46.4 Å². The van der Waals surface area contributed by atoms with Crippen molar-refractivity contribution in [2.24, 2.45) is 5.10 Å². The molecule has 5 heteroatoms. The third-order valence-corrected chi connectivity index (χ3v) is 3.34. The highest BCUT2D eigenvalue weighted by molar-refractivity contribution is 5.94. The summed E-state index contributed by atoms with van der Waals surface area (Å²) in [6.45, 7) is 6.22. The first-order chi connectivity index (χ1) is 10.7. The van der Waals surface area contributed by atoms with Gasteiger partial charge in [0.15, 0.2) is 0 Å². The molecule has 1 amide bonds. The first-order valence-corrected chi connectivity index (χ1v) is 7.33. The number of nitrogens with zero attached hydrogens (tertiary/aromatic N) is 3. The van der Waals surface area contributed by atoms with Crippen molar-refractivity contribution in [3.8, 4) is 0 Å². The third kappa shape index (κ3) is 4.15. The Labute approximate surface area is 130 Å². The predicted octanol–water partition coefficient (Wildman–Crippen LogP) is 2.69. The summed E-state index contributed by atoms with van der Waals surface area (Å²) in [5, 5.41) is 3.97. The molecule has 0 saturated carbocycles. The maximum Gasteiger partial charge on any atom is 0.271 e.